The average molecular weight is 197 g/mol. The first-order chi connectivity index (χ1) is 6.63. The number of hydrogen-bond donors (Lipinski definition) is 1. The number of hydrogen-bond acceptors (Lipinski definition) is 3. The zero-order valence-electron chi connectivity index (χ0n) is 8.49. The van der Waals surface area contributed by atoms with Crippen molar-refractivity contribution in [3.8, 4) is 0 Å². The highest BCUT2D eigenvalue weighted by molar-refractivity contribution is 6.35. The summed E-state index contributed by atoms with van der Waals surface area (Å²) in [5.41, 5.74) is 0. The number of likely N-dealkylation sites (N-methyl/N-ethyl adjacent to an activating group) is 2. The fourth-order valence-corrected chi connectivity index (χ4v) is 2.32. The Labute approximate surface area is 83.0 Å². The topological polar surface area (TPSA) is 52.7 Å². The van der Waals surface area contributed by atoms with Gasteiger partial charge < -0.3 is 15.1 Å². The van der Waals surface area contributed by atoms with Gasteiger partial charge in [0.1, 0.15) is 0 Å². The summed E-state index contributed by atoms with van der Waals surface area (Å²) < 4.78 is 0. The van der Waals surface area contributed by atoms with Gasteiger partial charge in [-0.15, -0.1) is 0 Å². The molecule has 2 atom stereocenters. The minimum atomic E-state index is -0.506. The van der Waals surface area contributed by atoms with E-state index in [1.807, 2.05) is 0 Å². The molecule has 2 saturated heterocycles. The molecule has 0 aliphatic carbocycles. The molecule has 2 heterocycles. The van der Waals surface area contributed by atoms with E-state index < -0.39 is 11.8 Å². The minimum absolute atomic E-state index is 0.393. The van der Waals surface area contributed by atoms with Crippen molar-refractivity contribution in [2.24, 2.45) is 5.92 Å². The predicted molar refractivity (Wildman–Crippen MR) is 50.6 cm³/mol. The largest absolute Gasteiger partial charge is 0.351 e. The second kappa shape index (κ2) is 3.24. The zero-order chi connectivity index (χ0) is 10.3. The van der Waals surface area contributed by atoms with Gasteiger partial charge in [-0.2, -0.15) is 0 Å². The van der Waals surface area contributed by atoms with Crippen molar-refractivity contribution in [3.63, 3.8) is 0 Å². The minimum Gasteiger partial charge on any atom is -0.351 e. The van der Waals surface area contributed by atoms with Gasteiger partial charge in [0.15, 0.2) is 0 Å². The van der Waals surface area contributed by atoms with Crippen molar-refractivity contribution < 1.29 is 9.59 Å². The molecule has 2 rings (SSSR count). The molecule has 1 N–H and O–H groups in total. The van der Waals surface area contributed by atoms with Crippen LogP contribution in [0.15, 0.2) is 0 Å². The third-order valence-electron chi connectivity index (χ3n) is 3.20. The Kier molecular flexibility index (Phi) is 2.19. The molecule has 78 valence electrons. The van der Waals surface area contributed by atoms with Crippen molar-refractivity contribution in [3.05, 3.63) is 0 Å². The number of carbonyl (C=O) groups excluding carboxylic acids is 2. The highest BCUT2D eigenvalue weighted by Crippen LogP contribution is 2.30. The lowest BCUT2D eigenvalue weighted by Crippen LogP contribution is -2.52. The van der Waals surface area contributed by atoms with Crippen LogP contribution in [-0.4, -0.2) is 61.4 Å². The second-order valence-electron chi connectivity index (χ2n) is 4.06. The summed E-state index contributed by atoms with van der Waals surface area (Å²) in [5, 5.41) is 2.36. The molecule has 0 bridgehead atoms. The molecule has 0 unspecified atom stereocenters. The summed E-state index contributed by atoms with van der Waals surface area (Å²) in [7, 11) is 3.53. The van der Waals surface area contributed by atoms with E-state index in [4.69, 9.17) is 0 Å². The molecule has 0 saturated carbocycles. The molecule has 2 amide bonds. The molecule has 5 heteroatoms. The van der Waals surface area contributed by atoms with Crippen molar-refractivity contribution in [1.82, 2.24) is 15.1 Å². The van der Waals surface area contributed by atoms with Crippen molar-refractivity contribution >= 4 is 11.8 Å². The molecule has 2 aliphatic heterocycles. The lowest BCUT2D eigenvalue weighted by atomic mass is 9.93. The lowest BCUT2D eigenvalue weighted by Gasteiger charge is -2.40. The van der Waals surface area contributed by atoms with Crippen LogP contribution in [0.5, 0.6) is 0 Å². The summed E-state index contributed by atoms with van der Waals surface area (Å²) in [5.74, 6) is -0.321. The molecule has 0 aromatic heterocycles. The SMILES string of the molecule is CNC(=O)C(=O)N1C[C@@H]2CN(C)[C@@H]2C1. The van der Waals surface area contributed by atoms with E-state index in [1.54, 1.807) is 4.90 Å². The quantitative estimate of drug-likeness (QED) is 0.481. The van der Waals surface area contributed by atoms with Gasteiger partial charge in [-0.3, -0.25) is 9.59 Å². The normalized spacial score (nSPS) is 30.9. The van der Waals surface area contributed by atoms with E-state index in [0.717, 1.165) is 13.1 Å². The smallest absolute Gasteiger partial charge is 0.311 e. The van der Waals surface area contributed by atoms with E-state index in [1.165, 1.54) is 7.05 Å². The lowest BCUT2D eigenvalue weighted by molar-refractivity contribution is -0.144. The maximum Gasteiger partial charge on any atom is 0.311 e. The molecule has 5 nitrogen and oxygen atoms in total. The first kappa shape index (κ1) is 9.45. The van der Waals surface area contributed by atoms with E-state index in [9.17, 15) is 9.59 Å². The molecule has 14 heavy (non-hydrogen) atoms. The highest BCUT2D eigenvalue weighted by atomic mass is 16.2. The number of fused-ring (bicyclic) bond motifs is 1. The van der Waals surface area contributed by atoms with Crippen LogP contribution < -0.4 is 5.32 Å². The molecular weight excluding hydrogens is 182 g/mol. The van der Waals surface area contributed by atoms with Gasteiger partial charge >= 0.3 is 11.8 Å². The standard InChI is InChI=1S/C9H15N3O2/c1-10-8(13)9(14)12-4-6-3-11(2)7(6)5-12/h6-7H,3-5H2,1-2H3,(H,10,13)/t6-,7+/m0/s1. The molecule has 0 radical (unpaired) electrons. The van der Waals surface area contributed by atoms with Crippen molar-refractivity contribution in [2.75, 3.05) is 33.7 Å². The van der Waals surface area contributed by atoms with Gasteiger partial charge in [-0.05, 0) is 7.05 Å². The summed E-state index contributed by atoms with van der Waals surface area (Å²) >= 11 is 0. The molecular formula is C9H15N3O2. The predicted octanol–water partition coefficient (Wildman–Crippen LogP) is -1.50. The summed E-state index contributed by atoms with van der Waals surface area (Å²) in [6, 6.07) is 0.476. The maximum absolute atomic E-state index is 11.5. The van der Waals surface area contributed by atoms with Gasteiger partial charge in [0, 0.05) is 38.6 Å². The van der Waals surface area contributed by atoms with Gasteiger partial charge in [0.2, 0.25) is 0 Å². The molecule has 2 fully saturated rings. The van der Waals surface area contributed by atoms with E-state index in [2.05, 4.69) is 17.3 Å². The maximum atomic E-state index is 11.5. The molecule has 0 aromatic rings. The number of carbonyl (C=O) groups is 2. The van der Waals surface area contributed by atoms with E-state index in [-0.39, 0.29) is 0 Å². The van der Waals surface area contributed by atoms with Gasteiger partial charge in [0.05, 0.1) is 0 Å². The molecule has 0 aromatic carbocycles. The van der Waals surface area contributed by atoms with E-state index >= 15 is 0 Å². The van der Waals surface area contributed by atoms with Gasteiger partial charge in [-0.25, -0.2) is 0 Å². The van der Waals surface area contributed by atoms with Crippen LogP contribution in [0.3, 0.4) is 0 Å². The highest BCUT2D eigenvalue weighted by Gasteiger charge is 2.45. The van der Waals surface area contributed by atoms with Crippen LogP contribution in [-0.2, 0) is 9.59 Å². The van der Waals surface area contributed by atoms with Crippen LogP contribution >= 0.6 is 0 Å². The van der Waals surface area contributed by atoms with E-state index in [0.29, 0.717) is 18.5 Å². The number of rotatable bonds is 0. The Hall–Kier alpha value is -1.10. The molecule has 0 spiro atoms. The Morgan fingerprint density at radius 2 is 2.00 bits per heavy atom. The van der Waals surface area contributed by atoms with Crippen LogP contribution in [0.2, 0.25) is 0 Å². The van der Waals surface area contributed by atoms with Crippen LogP contribution in [0, 0.1) is 5.92 Å². The first-order valence-electron chi connectivity index (χ1n) is 4.84. The third-order valence-corrected chi connectivity index (χ3v) is 3.20. The average Bonchev–Trinajstić information content (AvgIpc) is 2.53. The Balaban J connectivity index is 1.95. The van der Waals surface area contributed by atoms with Crippen molar-refractivity contribution in [1.29, 1.82) is 0 Å². The van der Waals surface area contributed by atoms with Gasteiger partial charge in [0.25, 0.3) is 0 Å². The second-order valence-corrected chi connectivity index (χ2v) is 4.06. The van der Waals surface area contributed by atoms with Crippen molar-refractivity contribution in [2.45, 2.75) is 6.04 Å². The Morgan fingerprint density at radius 1 is 1.29 bits per heavy atom. The molecule has 2 aliphatic rings. The van der Waals surface area contributed by atoms with Crippen LogP contribution in [0.25, 0.3) is 0 Å². The Bertz CT molecular complexity index is 279. The van der Waals surface area contributed by atoms with Crippen LogP contribution in [0.4, 0.5) is 0 Å². The number of amides is 2. The monoisotopic (exact) mass is 197 g/mol. The summed E-state index contributed by atoms with van der Waals surface area (Å²) in [4.78, 5) is 26.5. The van der Waals surface area contributed by atoms with Crippen LogP contribution in [0.1, 0.15) is 0 Å². The first-order valence-corrected chi connectivity index (χ1v) is 4.84. The number of nitrogens with zero attached hydrogens (tertiary/aromatic N) is 2. The fraction of sp³-hybridized carbons (Fsp3) is 0.778. The number of nitrogens with one attached hydrogen (secondary N) is 1. The Morgan fingerprint density at radius 3 is 2.50 bits per heavy atom. The third kappa shape index (κ3) is 1.28. The number of likely N-dealkylation sites (tertiary alicyclic amines) is 2. The zero-order valence-corrected chi connectivity index (χ0v) is 8.49. The summed E-state index contributed by atoms with van der Waals surface area (Å²) in [6.07, 6.45) is 0. The summed E-state index contributed by atoms with van der Waals surface area (Å²) in [6.45, 7) is 2.48. The fourth-order valence-electron chi connectivity index (χ4n) is 2.32. The van der Waals surface area contributed by atoms with Gasteiger partial charge in [-0.1, -0.05) is 0 Å².